The molecule has 0 spiro atoms. The van der Waals surface area contributed by atoms with Gasteiger partial charge in [-0.2, -0.15) is 0 Å². The summed E-state index contributed by atoms with van der Waals surface area (Å²) in [6.07, 6.45) is 68.3. The second-order valence-corrected chi connectivity index (χ2v) is 17.0. The lowest BCUT2D eigenvalue weighted by molar-refractivity contribution is -0.166. The molecule has 1 unspecified atom stereocenters. The number of ether oxygens (including phenoxy) is 3. The largest absolute Gasteiger partial charge is 0.462 e. The van der Waals surface area contributed by atoms with Crippen LogP contribution in [0.15, 0.2) is 97.2 Å². The van der Waals surface area contributed by atoms with Crippen LogP contribution in [-0.2, 0) is 28.6 Å². The minimum atomic E-state index is -0.822. The van der Waals surface area contributed by atoms with Crippen LogP contribution in [0.25, 0.3) is 0 Å². The normalized spacial score (nSPS) is 12.9. The molecule has 0 heterocycles. The van der Waals surface area contributed by atoms with Crippen LogP contribution >= 0.6 is 0 Å². The predicted molar refractivity (Wildman–Crippen MR) is 274 cm³/mol. The third-order valence-corrected chi connectivity index (χ3v) is 10.8. The summed E-state index contributed by atoms with van der Waals surface area (Å²) in [5.74, 6) is -1.04. The van der Waals surface area contributed by atoms with Gasteiger partial charge in [0.2, 0.25) is 0 Å². The molecule has 364 valence electrons. The minimum absolute atomic E-state index is 0.119. The van der Waals surface area contributed by atoms with Crippen molar-refractivity contribution in [1.29, 1.82) is 0 Å². The van der Waals surface area contributed by atoms with E-state index in [9.17, 15) is 14.4 Å². The Bertz CT molecular complexity index is 1300. The summed E-state index contributed by atoms with van der Waals surface area (Å²) in [7, 11) is 0. The highest BCUT2D eigenvalue weighted by Crippen LogP contribution is 2.12. The lowest BCUT2D eigenvalue weighted by Gasteiger charge is -2.18. The van der Waals surface area contributed by atoms with Gasteiger partial charge in [0.25, 0.3) is 0 Å². The van der Waals surface area contributed by atoms with Gasteiger partial charge in [0.05, 0.1) is 0 Å². The van der Waals surface area contributed by atoms with Crippen molar-refractivity contribution >= 4 is 17.9 Å². The van der Waals surface area contributed by atoms with Gasteiger partial charge in [0.1, 0.15) is 13.2 Å². The number of unbranched alkanes of at least 4 members (excludes halogenated alkanes) is 19. The molecule has 64 heavy (non-hydrogen) atoms. The molecule has 0 saturated carbocycles. The quantitative estimate of drug-likeness (QED) is 0.0262. The van der Waals surface area contributed by atoms with Crippen LogP contribution in [0.3, 0.4) is 0 Å². The maximum Gasteiger partial charge on any atom is 0.306 e. The molecule has 1 atom stereocenters. The second kappa shape index (κ2) is 52.0. The standard InChI is InChI=1S/C58H96O6/c1-4-7-10-13-16-19-22-25-27-28-29-30-31-34-36-39-42-45-48-51-57(60)63-54-55(53-62-56(59)50-47-44-41-38-35-32-24-21-18-15-12-9-6-3)64-58(61)52-49-46-43-40-37-33-26-23-20-17-14-11-8-5-2/h7,10,16,19,25,27,29-30,32-37,41,44,55H,4-6,8-9,11-15,17-18,20-24,26,28,31,38-40,42-43,45-54H2,1-3H3/b10-7+,19-16+,27-25+,30-29+,35-32+,36-34+,37-33+,44-41+. The number of carbonyl (C=O) groups excluding carboxylic acids is 3. The Morgan fingerprint density at radius 1 is 0.328 bits per heavy atom. The van der Waals surface area contributed by atoms with Crippen LogP contribution in [0.5, 0.6) is 0 Å². The average Bonchev–Trinajstić information content (AvgIpc) is 3.29. The van der Waals surface area contributed by atoms with E-state index in [1.807, 2.05) is 6.08 Å². The summed E-state index contributed by atoms with van der Waals surface area (Å²) in [6, 6.07) is 0. The molecule has 0 aliphatic heterocycles. The highest BCUT2D eigenvalue weighted by Gasteiger charge is 2.19. The Morgan fingerprint density at radius 3 is 1.06 bits per heavy atom. The highest BCUT2D eigenvalue weighted by molar-refractivity contribution is 5.71. The third kappa shape index (κ3) is 49.3. The fraction of sp³-hybridized carbons (Fsp3) is 0.672. The van der Waals surface area contributed by atoms with Gasteiger partial charge in [-0.25, -0.2) is 0 Å². The molecule has 0 bridgehead atoms. The zero-order chi connectivity index (χ0) is 46.5. The fourth-order valence-corrected chi connectivity index (χ4v) is 6.87. The third-order valence-electron chi connectivity index (χ3n) is 10.8. The van der Waals surface area contributed by atoms with Gasteiger partial charge in [0.15, 0.2) is 6.10 Å². The van der Waals surface area contributed by atoms with Crippen molar-refractivity contribution in [3.63, 3.8) is 0 Å². The molecule has 0 amide bonds. The van der Waals surface area contributed by atoms with E-state index >= 15 is 0 Å². The molecular formula is C58H96O6. The topological polar surface area (TPSA) is 78.9 Å². The summed E-state index contributed by atoms with van der Waals surface area (Å²) < 4.78 is 16.7. The van der Waals surface area contributed by atoms with Gasteiger partial charge >= 0.3 is 17.9 Å². The van der Waals surface area contributed by atoms with Crippen LogP contribution in [0.2, 0.25) is 0 Å². The van der Waals surface area contributed by atoms with Crippen molar-refractivity contribution in [2.75, 3.05) is 13.2 Å². The molecule has 6 nitrogen and oxygen atoms in total. The summed E-state index contributed by atoms with van der Waals surface area (Å²) in [5, 5.41) is 0. The Labute approximate surface area is 394 Å². The molecule has 0 aliphatic carbocycles. The van der Waals surface area contributed by atoms with Gasteiger partial charge in [-0.15, -0.1) is 0 Å². The van der Waals surface area contributed by atoms with Crippen LogP contribution < -0.4 is 0 Å². The lowest BCUT2D eigenvalue weighted by Crippen LogP contribution is -2.30. The first-order chi connectivity index (χ1) is 31.5. The first-order valence-corrected chi connectivity index (χ1v) is 26.2. The molecule has 0 radical (unpaired) electrons. The maximum atomic E-state index is 12.8. The van der Waals surface area contributed by atoms with Crippen LogP contribution in [0, 0.1) is 0 Å². The smallest absolute Gasteiger partial charge is 0.306 e. The Kier molecular flexibility index (Phi) is 49.0. The highest BCUT2D eigenvalue weighted by atomic mass is 16.6. The SMILES string of the molecule is CC/C=C/C/C=C/C/C=C/C/C=C/C/C=C/CCCCCC(=O)OCC(COC(=O)CC/C=C/C/C=C/CCCCCCCC)OC(=O)CCCCC/C=C/CCCCCCCCC. The van der Waals surface area contributed by atoms with E-state index in [-0.39, 0.29) is 44.0 Å². The number of hydrogen-bond donors (Lipinski definition) is 0. The van der Waals surface area contributed by atoms with Crippen LogP contribution in [0.4, 0.5) is 0 Å². The van der Waals surface area contributed by atoms with Gasteiger partial charge in [-0.3, -0.25) is 14.4 Å². The molecular weight excluding hydrogens is 793 g/mol. The minimum Gasteiger partial charge on any atom is -0.462 e. The van der Waals surface area contributed by atoms with Crippen molar-refractivity contribution in [2.24, 2.45) is 0 Å². The monoisotopic (exact) mass is 889 g/mol. The molecule has 0 rings (SSSR count). The van der Waals surface area contributed by atoms with Crippen molar-refractivity contribution in [1.82, 2.24) is 0 Å². The Morgan fingerprint density at radius 2 is 0.641 bits per heavy atom. The number of carbonyl (C=O) groups is 3. The van der Waals surface area contributed by atoms with Gasteiger partial charge in [-0.05, 0) is 109 Å². The van der Waals surface area contributed by atoms with E-state index in [1.54, 1.807) is 0 Å². The zero-order valence-corrected chi connectivity index (χ0v) is 41.5. The van der Waals surface area contributed by atoms with E-state index in [2.05, 4.69) is 112 Å². The first-order valence-electron chi connectivity index (χ1n) is 26.2. The molecule has 6 heteroatoms. The number of hydrogen-bond acceptors (Lipinski definition) is 6. The molecule has 0 aliphatic rings. The summed E-state index contributed by atoms with van der Waals surface area (Å²) in [6.45, 7) is 6.41. The first kappa shape index (κ1) is 60.3. The number of esters is 3. The molecule has 0 aromatic carbocycles. The fourth-order valence-electron chi connectivity index (χ4n) is 6.87. The molecule has 0 fully saturated rings. The van der Waals surface area contributed by atoms with Gasteiger partial charge < -0.3 is 14.2 Å². The van der Waals surface area contributed by atoms with Gasteiger partial charge in [0, 0.05) is 19.3 Å². The second-order valence-electron chi connectivity index (χ2n) is 17.0. The zero-order valence-electron chi connectivity index (χ0n) is 41.5. The van der Waals surface area contributed by atoms with E-state index in [0.717, 1.165) is 103 Å². The molecule has 0 saturated heterocycles. The van der Waals surface area contributed by atoms with E-state index in [0.29, 0.717) is 12.8 Å². The van der Waals surface area contributed by atoms with Crippen LogP contribution in [-0.4, -0.2) is 37.2 Å². The van der Waals surface area contributed by atoms with E-state index < -0.39 is 6.10 Å². The van der Waals surface area contributed by atoms with Crippen molar-refractivity contribution in [3.8, 4) is 0 Å². The van der Waals surface area contributed by atoms with Crippen molar-refractivity contribution in [3.05, 3.63) is 97.2 Å². The molecule has 0 N–H and O–H groups in total. The Hall–Kier alpha value is -3.67. The molecule has 0 aromatic rings. The van der Waals surface area contributed by atoms with Crippen molar-refractivity contribution < 1.29 is 28.6 Å². The summed E-state index contributed by atoms with van der Waals surface area (Å²) in [4.78, 5) is 37.9. The lowest BCUT2D eigenvalue weighted by atomic mass is 10.1. The maximum absolute atomic E-state index is 12.8. The van der Waals surface area contributed by atoms with Crippen molar-refractivity contribution in [2.45, 2.75) is 239 Å². The molecule has 0 aromatic heterocycles. The summed E-state index contributed by atoms with van der Waals surface area (Å²) in [5.41, 5.74) is 0. The van der Waals surface area contributed by atoms with E-state index in [4.69, 9.17) is 14.2 Å². The van der Waals surface area contributed by atoms with Crippen LogP contribution in [0.1, 0.15) is 233 Å². The van der Waals surface area contributed by atoms with Gasteiger partial charge in [-0.1, -0.05) is 201 Å². The number of allylic oxidation sites excluding steroid dienone is 16. The predicted octanol–water partition coefficient (Wildman–Crippen LogP) is 17.4. The number of rotatable bonds is 46. The average molecular weight is 889 g/mol. The summed E-state index contributed by atoms with van der Waals surface area (Å²) >= 11 is 0. The Balaban J connectivity index is 4.52. The van der Waals surface area contributed by atoms with E-state index in [1.165, 1.54) is 83.5 Å².